The van der Waals surface area contributed by atoms with Crippen molar-refractivity contribution in [2.75, 3.05) is 5.32 Å². The lowest BCUT2D eigenvalue weighted by Crippen LogP contribution is -2.00. The maximum absolute atomic E-state index is 6.01. The molecule has 17 heavy (non-hydrogen) atoms. The van der Waals surface area contributed by atoms with Crippen molar-refractivity contribution in [3.05, 3.63) is 56.7 Å². The predicted molar refractivity (Wildman–Crippen MR) is 75.7 cm³/mol. The zero-order chi connectivity index (χ0) is 12.3. The van der Waals surface area contributed by atoms with E-state index in [1.807, 2.05) is 24.3 Å². The van der Waals surface area contributed by atoms with Gasteiger partial charge in [0.25, 0.3) is 0 Å². The summed E-state index contributed by atoms with van der Waals surface area (Å²) >= 11 is 15.4. The van der Waals surface area contributed by atoms with Gasteiger partial charge in [0.1, 0.15) is 0 Å². The van der Waals surface area contributed by atoms with Gasteiger partial charge in [0.05, 0.1) is 10.0 Å². The summed E-state index contributed by atoms with van der Waals surface area (Å²) < 4.78 is 0.881. The molecule has 0 amide bonds. The summed E-state index contributed by atoms with van der Waals surface area (Å²) in [5, 5.41) is 4.58. The molecule has 0 bridgehead atoms. The number of halogens is 3. The standard InChI is InChI=1S/C12H9BrCl2N2/c13-10-2-1-9(5-11(10)14)17-6-8-3-4-16-7-12(8)15/h1-5,7,17H,6H2. The molecule has 0 aliphatic heterocycles. The summed E-state index contributed by atoms with van der Waals surface area (Å²) in [6.07, 6.45) is 3.35. The monoisotopic (exact) mass is 330 g/mol. The molecule has 1 N–H and O–H groups in total. The minimum Gasteiger partial charge on any atom is -0.381 e. The Bertz CT molecular complexity index is 532. The van der Waals surface area contributed by atoms with Gasteiger partial charge in [-0.3, -0.25) is 4.98 Å². The van der Waals surface area contributed by atoms with Crippen molar-refractivity contribution >= 4 is 44.8 Å². The van der Waals surface area contributed by atoms with Crippen molar-refractivity contribution in [2.24, 2.45) is 0 Å². The zero-order valence-electron chi connectivity index (χ0n) is 8.75. The Labute approximate surface area is 118 Å². The van der Waals surface area contributed by atoms with E-state index >= 15 is 0 Å². The van der Waals surface area contributed by atoms with Gasteiger partial charge in [0.2, 0.25) is 0 Å². The number of anilines is 1. The normalized spacial score (nSPS) is 10.3. The third kappa shape index (κ3) is 3.35. The predicted octanol–water partition coefficient (Wildman–Crippen LogP) is 4.76. The number of benzene rings is 1. The molecule has 0 saturated heterocycles. The van der Waals surface area contributed by atoms with E-state index in [-0.39, 0.29) is 0 Å². The van der Waals surface area contributed by atoms with Crippen LogP contribution in [0.2, 0.25) is 10.0 Å². The summed E-state index contributed by atoms with van der Waals surface area (Å²) in [5.74, 6) is 0. The molecule has 2 aromatic rings. The first-order chi connectivity index (χ1) is 8.16. The largest absolute Gasteiger partial charge is 0.381 e. The Balaban J connectivity index is 2.08. The highest BCUT2D eigenvalue weighted by Crippen LogP contribution is 2.26. The number of pyridine rings is 1. The van der Waals surface area contributed by atoms with Crippen molar-refractivity contribution < 1.29 is 0 Å². The maximum Gasteiger partial charge on any atom is 0.0639 e. The van der Waals surface area contributed by atoms with Gasteiger partial charge in [-0.05, 0) is 45.8 Å². The van der Waals surface area contributed by atoms with E-state index < -0.39 is 0 Å². The van der Waals surface area contributed by atoms with Crippen LogP contribution in [0, 0.1) is 0 Å². The first-order valence-electron chi connectivity index (χ1n) is 4.94. The van der Waals surface area contributed by atoms with Crippen LogP contribution in [0.25, 0.3) is 0 Å². The van der Waals surface area contributed by atoms with Crippen molar-refractivity contribution in [1.29, 1.82) is 0 Å². The highest BCUT2D eigenvalue weighted by Gasteiger charge is 2.01. The third-order valence-electron chi connectivity index (χ3n) is 2.26. The summed E-state index contributed by atoms with van der Waals surface area (Å²) in [5.41, 5.74) is 1.95. The number of nitrogens with zero attached hydrogens (tertiary/aromatic N) is 1. The van der Waals surface area contributed by atoms with Crippen LogP contribution >= 0.6 is 39.1 Å². The highest BCUT2D eigenvalue weighted by molar-refractivity contribution is 9.10. The summed E-state index contributed by atoms with van der Waals surface area (Å²) in [4.78, 5) is 3.94. The van der Waals surface area contributed by atoms with Gasteiger partial charge in [-0.25, -0.2) is 0 Å². The molecule has 1 aromatic carbocycles. The van der Waals surface area contributed by atoms with E-state index in [9.17, 15) is 0 Å². The van der Waals surface area contributed by atoms with E-state index in [1.165, 1.54) is 0 Å². The second-order valence-corrected chi connectivity index (χ2v) is 5.12. The minimum atomic E-state index is 0.638. The fourth-order valence-corrected chi connectivity index (χ4v) is 1.96. The molecule has 0 radical (unpaired) electrons. The Morgan fingerprint density at radius 1 is 1.18 bits per heavy atom. The van der Waals surface area contributed by atoms with Crippen LogP contribution in [0.4, 0.5) is 5.69 Å². The molecule has 2 rings (SSSR count). The van der Waals surface area contributed by atoms with Crippen molar-refractivity contribution in [3.8, 4) is 0 Å². The zero-order valence-corrected chi connectivity index (χ0v) is 11.9. The summed E-state index contributed by atoms with van der Waals surface area (Å²) in [6, 6.07) is 7.60. The Morgan fingerprint density at radius 3 is 2.71 bits per heavy atom. The number of hydrogen-bond donors (Lipinski definition) is 1. The van der Waals surface area contributed by atoms with Crippen molar-refractivity contribution in [2.45, 2.75) is 6.54 Å². The number of nitrogens with one attached hydrogen (secondary N) is 1. The van der Waals surface area contributed by atoms with Gasteiger partial charge in [-0.1, -0.05) is 23.2 Å². The molecule has 0 aliphatic carbocycles. The fourth-order valence-electron chi connectivity index (χ4n) is 1.35. The molecule has 0 spiro atoms. The van der Waals surface area contributed by atoms with Crippen LogP contribution in [0.1, 0.15) is 5.56 Å². The Hall–Kier alpha value is -0.770. The minimum absolute atomic E-state index is 0.638. The second-order valence-electron chi connectivity index (χ2n) is 3.45. The molecule has 0 fully saturated rings. The van der Waals surface area contributed by atoms with E-state index in [4.69, 9.17) is 23.2 Å². The van der Waals surface area contributed by atoms with Crippen LogP contribution in [0.5, 0.6) is 0 Å². The Kier molecular flexibility index (Phi) is 4.26. The lowest BCUT2D eigenvalue weighted by atomic mass is 10.2. The van der Waals surface area contributed by atoms with Crippen molar-refractivity contribution in [3.63, 3.8) is 0 Å². The van der Waals surface area contributed by atoms with Gasteiger partial charge in [0, 0.05) is 29.1 Å². The molecule has 5 heteroatoms. The molecule has 0 unspecified atom stereocenters. The van der Waals surface area contributed by atoms with E-state index in [0.717, 1.165) is 15.7 Å². The third-order valence-corrected chi connectivity index (χ3v) is 3.83. The molecule has 0 aliphatic rings. The SMILES string of the molecule is Clc1cc(NCc2ccncc2Cl)ccc1Br. The van der Waals surface area contributed by atoms with Gasteiger partial charge >= 0.3 is 0 Å². The molecule has 2 nitrogen and oxygen atoms in total. The average molecular weight is 332 g/mol. The average Bonchev–Trinajstić information content (AvgIpc) is 2.32. The van der Waals surface area contributed by atoms with Gasteiger partial charge < -0.3 is 5.32 Å². The molecule has 1 aromatic heterocycles. The lowest BCUT2D eigenvalue weighted by Gasteiger charge is -2.08. The van der Waals surface area contributed by atoms with Gasteiger partial charge in [-0.2, -0.15) is 0 Å². The fraction of sp³-hybridized carbons (Fsp3) is 0.0833. The van der Waals surface area contributed by atoms with Crippen LogP contribution < -0.4 is 5.32 Å². The topological polar surface area (TPSA) is 24.9 Å². The molecular formula is C12H9BrCl2N2. The van der Waals surface area contributed by atoms with Crippen LogP contribution in [0.3, 0.4) is 0 Å². The number of hydrogen-bond acceptors (Lipinski definition) is 2. The molecule has 1 heterocycles. The number of aromatic nitrogens is 1. The van der Waals surface area contributed by atoms with E-state index in [0.29, 0.717) is 16.6 Å². The molecule has 0 saturated carbocycles. The molecule has 0 atom stereocenters. The van der Waals surface area contributed by atoms with E-state index in [2.05, 4.69) is 26.2 Å². The second kappa shape index (κ2) is 5.71. The summed E-state index contributed by atoms with van der Waals surface area (Å²) in [7, 11) is 0. The van der Waals surface area contributed by atoms with E-state index in [1.54, 1.807) is 12.4 Å². The van der Waals surface area contributed by atoms with Gasteiger partial charge in [-0.15, -0.1) is 0 Å². The molecule has 88 valence electrons. The summed E-state index contributed by atoms with van der Waals surface area (Å²) in [6.45, 7) is 0.638. The van der Waals surface area contributed by atoms with Crippen LogP contribution in [-0.2, 0) is 6.54 Å². The number of rotatable bonds is 3. The quantitative estimate of drug-likeness (QED) is 0.876. The van der Waals surface area contributed by atoms with Crippen LogP contribution in [-0.4, -0.2) is 4.98 Å². The smallest absolute Gasteiger partial charge is 0.0639 e. The lowest BCUT2D eigenvalue weighted by molar-refractivity contribution is 1.13. The first-order valence-corrected chi connectivity index (χ1v) is 6.49. The van der Waals surface area contributed by atoms with Crippen molar-refractivity contribution in [1.82, 2.24) is 4.98 Å². The highest BCUT2D eigenvalue weighted by atomic mass is 79.9. The Morgan fingerprint density at radius 2 is 2.00 bits per heavy atom. The van der Waals surface area contributed by atoms with Gasteiger partial charge in [0.15, 0.2) is 0 Å². The molecular weight excluding hydrogens is 323 g/mol. The maximum atomic E-state index is 6.01. The van der Waals surface area contributed by atoms with Crippen LogP contribution in [0.15, 0.2) is 41.1 Å². The first kappa shape index (κ1) is 12.7.